The molecule has 0 saturated carbocycles. The summed E-state index contributed by atoms with van der Waals surface area (Å²) < 4.78 is 0. The lowest BCUT2D eigenvalue weighted by Crippen LogP contribution is -2.43. The maximum Gasteiger partial charge on any atom is 0.225 e. The minimum atomic E-state index is -0.0352. The third kappa shape index (κ3) is 3.93. The highest BCUT2D eigenvalue weighted by Gasteiger charge is 2.26. The Morgan fingerprint density at radius 2 is 2.11 bits per heavy atom. The quantitative estimate of drug-likeness (QED) is 0.753. The van der Waals surface area contributed by atoms with E-state index in [1.165, 1.54) is 0 Å². The van der Waals surface area contributed by atoms with E-state index in [1.54, 1.807) is 12.4 Å². The van der Waals surface area contributed by atoms with Gasteiger partial charge in [0.2, 0.25) is 5.91 Å². The Hall–Kier alpha value is -3.09. The van der Waals surface area contributed by atoms with Crippen molar-refractivity contribution in [2.24, 2.45) is 5.92 Å². The molecule has 0 aromatic carbocycles. The van der Waals surface area contributed by atoms with E-state index in [4.69, 9.17) is 0 Å². The van der Waals surface area contributed by atoms with Crippen LogP contribution in [0.25, 0.3) is 11.2 Å². The van der Waals surface area contributed by atoms with Crippen molar-refractivity contribution in [3.63, 3.8) is 0 Å². The topological polar surface area (TPSA) is 83.9 Å². The van der Waals surface area contributed by atoms with Gasteiger partial charge in [0.05, 0.1) is 29.2 Å². The third-order valence-electron chi connectivity index (χ3n) is 5.27. The fourth-order valence-corrected chi connectivity index (χ4v) is 3.54. The summed E-state index contributed by atoms with van der Waals surface area (Å²) in [7, 11) is 0. The summed E-state index contributed by atoms with van der Waals surface area (Å²) in [5.41, 5.74) is 5.27. The maximum atomic E-state index is 12.6. The molecule has 4 rings (SSSR count). The molecular weight excluding hydrogens is 352 g/mol. The van der Waals surface area contributed by atoms with Crippen molar-refractivity contribution in [1.29, 1.82) is 0 Å². The second-order valence-electron chi connectivity index (χ2n) is 7.29. The van der Waals surface area contributed by atoms with Crippen LogP contribution in [0, 0.1) is 19.8 Å². The van der Waals surface area contributed by atoms with E-state index in [0.29, 0.717) is 18.7 Å². The Morgan fingerprint density at radius 3 is 2.93 bits per heavy atom. The number of aryl methyl sites for hydroxylation is 2. The minimum Gasteiger partial charge on any atom is -0.369 e. The lowest BCUT2D eigenvalue weighted by Gasteiger charge is -2.33. The number of amides is 1. The van der Waals surface area contributed by atoms with Crippen molar-refractivity contribution in [2.45, 2.75) is 33.2 Å². The van der Waals surface area contributed by atoms with Gasteiger partial charge in [-0.2, -0.15) is 0 Å². The highest BCUT2D eigenvalue weighted by molar-refractivity contribution is 5.80. The summed E-state index contributed by atoms with van der Waals surface area (Å²) in [4.78, 5) is 32.5. The molecule has 3 aromatic rings. The number of carbonyl (C=O) groups is 1. The van der Waals surface area contributed by atoms with Crippen molar-refractivity contribution in [2.75, 3.05) is 18.0 Å². The minimum absolute atomic E-state index is 0.0352. The van der Waals surface area contributed by atoms with Crippen LogP contribution in [0.3, 0.4) is 0 Å². The number of carbonyl (C=O) groups excluding carboxylic acids is 1. The van der Waals surface area contributed by atoms with Crippen LogP contribution in [0.5, 0.6) is 0 Å². The van der Waals surface area contributed by atoms with E-state index in [2.05, 4.69) is 30.2 Å². The van der Waals surface area contributed by atoms with E-state index < -0.39 is 0 Å². The number of anilines is 1. The molecule has 7 nitrogen and oxygen atoms in total. The van der Waals surface area contributed by atoms with Gasteiger partial charge in [0.25, 0.3) is 0 Å². The molecule has 0 bridgehead atoms. The summed E-state index contributed by atoms with van der Waals surface area (Å²) in [5.74, 6) is 0.0560. The second-order valence-corrected chi connectivity index (χ2v) is 7.29. The molecule has 144 valence electrons. The first kappa shape index (κ1) is 18.3. The lowest BCUT2D eigenvalue weighted by molar-refractivity contribution is -0.125. The number of hydrogen-bond donors (Lipinski definition) is 1. The molecule has 7 heteroatoms. The smallest absolute Gasteiger partial charge is 0.225 e. The third-order valence-corrected chi connectivity index (χ3v) is 5.27. The lowest BCUT2D eigenvalue weighted by atomic mass is 9.96. The van der Waals surface area contributed by atoms with Gasteiger partial charge in [0, 0.05) is 32.0 Å². The van der Waals surface area contributed by atoms with Gasteiger partial charge in [-0.15, -0.1) is 0 Å². The van der Waals surface area contributed by atoms with E-state index in [1.807, 2.05) is 38.2 Å². The molecule has 0 aliphatic carbocycles. The van der Waals surface area contributed by atoms with Crippen molar-refractivity contribution >= 4 is 22.8 Å². The number of nitrogens with one attached hydrogen (secondary N) is 1. The average molecular weight is 376 g/mol. The molecule has 0 unspecified atom stereocenters. The second kappa shape index (κ2) is 7.88. The molecule has 1 aliphatic rings. The number of aromatic nitrogens is 4. The van der Waals surface area contributed by atoms with Crippen molar-refractivity contribution in [3.8, 4) is 0 Å². The molecular formula is C21H24N6O. The molecule has 28 heavy (non-hydrogen) atoms. The van der Waals surface area contributed by atoms with Crippen LogP contribution in [0.1, 0.15) is 29.8 Å². The normalized spacial score (nSPS) is 16.9. The van der Waals surface area contributed by atoms with Crippen molar-refractivity contribution in [3.05, 3.63) is 53.7 Å². The van der Waals surface area contributed by atoms with Gasteiger partial charge in [-0.25, -0.2) is 15.0 Å². The number of nitrogens with zero attached hydrogens (tertiary/aromatic N) is 5. The first-order chi connectivity index (χ1) is 13.6. The Kier molecular flexibility index (Phi) is 5.14. The van der Waals surface area contributed by atoms with Gasteiger partial charge in [-0.05, 0) is 44.4 Å². The van der Waals surface area contributed by atoms with Gasteiger partial charge in [-0.1, -0.05) is 6.07 Å². The molecule has 4 heterocycles. The molecule has 0 spiro atoms. The Morgan fingerprint density at radius 1 is 1.25 bits per heavy atom. The molecule has 0 radical (unpaired) electrons. The number of pyridine rings is 2. The Bertz CT molecular complexity index is 991. The standard InChI is InChI=1S/C21H24N6O/c1-14-15(2)26-20-19(25-14)9-18(12-23-20)27-8-4-6-17(13-27)21(28)24-11-16-5-3-7-22-10-16/h3,5,7,9-10,12,17H,4,6,8,11,13H2,1-2H3,(H,24,28)/t17-/m0/s1. The van der Waals surface area contributed by atoms with Gasteiger partial charge in [0.1, 0.15) is 5.52 Å². The fourth-order valence-electron chi connectivity index (χ4n) is 3.54. The molecule has 1 amide bonds. The van der Waals surface area contributed by atoms with Crippen LogP contribution in [0.2, 0.25) is 0 Å². The monoisotopic (exact) mass is 376 g/mol. The number of fused-ring (bicyclic) bond motifs is 1. The average Bonchev–Trinajstić information content (AvgIpc) is 2.73. The van der Waals surface area contributed by atoms with Crippen LogP contribution in [0.4, 0.5) is 5.69 Å². The zero-order valence-corrected chi connectivity index (χ0v) is 16.2. The van der Waals surface area contributed by atoms with Crippen LogP contribution in [0.15, 0.2) is 36.8 Å². The molecule has 3 aromatic heterocycles. The summed E-state index contributed by atoms with van der Waals surface area (Å²) in [6.45, 7) is 6.01. The number of hydrogen-bond acceptors (Lipinski definition) is 6. The van der Waals surface area contributed by atoms with Crippen LogP contribution in [-0.2, 0) is 11.3 Å². The SMILES string of the molecule is Cc1nc2cc(N3CCC[C@H](C(=O)NCc4cccnc4)C3)cnc2nc1C. The predicted molar refractivity (Wildman–Crippen MR) is 108 cm³/mol. The number of rotatable bonds is 4. The fraction of sp³-hybridized carbons (Fsp3) is 0.381. The van der Waals surface area contributed by atoms with Crippen LogP contribution >= 0.6 is 0 Å². The zero-order chi connectivity index (χ0) is 19.5. The first-order valence-electron chi connectivity index (χ1n) is 9.63. The summed E-state index contributed by atoms with van der Waals surface area (Å²) in [6.07, 6.45) is 7.21. The van der Waals surface area contributed by atoms with E-state index in [9.17, 15) is 4.79 Å². The molecule has 1 fully saturated rings. The zero-order valence-electron chi connectivity index (χ0n) is 16.2. The first-order valence-corrected chi connectivity index (χ1v) is 9.63. The molecule has 1 atom stereocenters. The van der Waals surface area contributed by atoms with Crippen molar-refractivity contribution < 1.29 is 4.79 Å². The summed E-state index contributed by atoms with van der Waals surface area (Å²) >= 11 is 0. The maximum absolute atomic E-state index is 12.6. The van der Waals surface area contributed by atoms with Gasteiger partial charge in [-0.3, -0.25) is 9.78 Å². The van der Waals surface area contributed by atoms with Crippen molar-refractivity contribution in [1.82, 2.24) is 25.3 Å². The van der Waals surface area contributed by atoms with E-state index >= 15 is 0 Å². The summed E-state index contributed by atoms with van der Waals surface area (Å²) in [6, 6.07) is 5.87. The number of piperidine rings is 1. The van der Waals surface area contributed by atoms with E-state index in [-0.39, 0.29) is 11.8 Å². The molecule has 1 N–H and O–H groups in total. The molecule has 1 aliphatic heterocycles. The Balaban J connectivity index is 1.45. The highest BCUT2D eigenvalue weighted by atomic mass is 16.1. The van der Waals surface area contributed by atoms with Gasteiger partial charge in [0.15, 0.2) is 5.65 Å². The highest BCUT2D eigenvalue weighted by Crippen LogP contribution is 2.25. The van der Waals surface area contributed by atoms with Crippen LogP contribution < -0.4 is 10.2 Å². The van der Waals surface area contributed by atoms with Crippen LogP contribution in [-0.4, -0.2) is 38.9 Å². The molecule has 1 saturated heterocycles. The van der Waals surface area contributed by atoms with Gasteiger partial charge >= 0.3 is 0 Å². The predicted octanol–water partition coefficient (Wildman–Crippen LogP) is 2.57. The van der Waals surface area contributed by atoms with Gasteiger partial charge < -0.3 is 10.2 Å². The Labute approximate surface area is 164 Å². The largest absolute Gasteiger partial charge is 0.369 e. The summed E-state index contributed by atoms with van der Waals surface area (Å²) in [5, 5.41) is 3.04. The van der Waals surface area contributed by atoms with E-state index in [0.717, 1.165) is 47.5 Å².